The summed E-state index contributed by atoms with van der Waals surface area (Å²) >= 11 is 0. The maximum absolute atomic E-state index is 14.3. The number of hydrogen-bond acceptors (Lipinski definition) is 2. The summed E-state index contributed by atoms with van der Waals surface area (Å²) in [6.07, 6.45) is 3.02. The van der Waals surface area contributed by atoms with E-state index in [9.17, 15) is 14.5 Å². The molecule has 0 bridgehead atoms. The predicted octanol–water partition coefficient (Wildman–Crippen LogP) is 3.90. The highest BCUT2D eigenvalue weighted by Crippen LogP contribution is 2.61. The van der Waals surface area contributed by atoms with Crippen molar-refractivity contribution < 1.29 is 14.5 Å². The molecule has 1 N–H and O–H groups in total. The molecule has 0 spiro atoms. The Hall–Kier alpha value is -1.90. The smallest absolute Gasteiger partial charge is 0.320 e. The Labute approximate surface area is 142 Å². The highest BCUT2D eigenvalue weighted by Gasteiger charge is 2.45. The first-order valence-corrected chi connectivity index (χ1v) is 10.1. The molecule has 1 aliphatic heterocycles. The van der Waals surface area contributed by atoms with Gasteiger partial charge >= 0.3 is 5.97 Å². The van der Waals surface area contributed by atoms with E-state index in [0.717, 1.165) is 19.3 Å². The summed E-state index contributed by atoms with van der Waals surface area (Å²) in [5, 5.41) is 10.6. The molecule has 1 saturated heterocycles. The Balaban J connectivity index is 2.15. The van der Waals surface area contributed by atoms with Crippen LogP contribution in [0.4, 0.5) is 0 Å². The highest BCUT2D eigenvalue weighted by molar-refractivity contribution is 7.70. The van der Waals surface area contributed by atoms with Gasteiger partial charge in [0.2, 0.25) is 0 Å². The predicted molar refractivity (Wildman–Crippen MR) is 95.9 cm³/mol. The Bertz CT molecular complexity index is 727. The molecule has 126 valence electrons. The van der Waals surface area contributed by atoms with E-state index in [-0.39, 0.29) is 0 Å². The van der Waals surface area contributed by atoms with Crippen LogP contribution in [0.15, 0.2) is 60.7 Å². The minimum absolute atomic E-state index is 0.600. The molecule has 0 aromatic heterocycles. The Kier molecular flexibility index (Phi) is 5.17. The minimum Gasteiger partial charge on any atom is -0.480 e. The van der Waals surface area contributed by atoms with Gasteiger partial charge in [-0.3, -0.25) is 4.79 Å². The van der Waals surface area contributed by atoms with Gasteiger partial charge in [0.05, 0.1) is 0 Å². The highest BCUT2D eigenvalue weighted by atomic mass is 31.2. The Morgan fingerprint density at radius 3 is 2.00 bits per heavy atom. The molecule has 2 aromatic rings. The van der Waals surface area contributed by atoms with Crippen LogP contribution < -0.4 is 5.30 Å². The summed E-state index contributed by atoms with van der Waals surface area (Å²) in [5.74, 6) is -1.03. The average molecular weight is 343 g/mol. The lowest BCUT2D eigenvalue weighted by molar-refractivity contribution is -0.136. The van der Waals surface area contributed by atoms with Crippen molar-refractivity contribution in [3.8, 4) is 0 Å². The summed E-state index contributed by atoms with van der Waals surface area (Å²) in [4.78, 5) is 12.2. The van der Waals surface area contributed by atoms with Crippen LogP contribution in [-0.2, 0) is 9.36 Å². The number of rotatable bonds is 5. The largest absolute Gasteiger partial charge is 0.480 e. The number of carboxylic acids is 1. The number of carbonyl (C=O) groups is 1. The van der Waals surface area contributed by atoms with Gasteiger partial charge in [0.15, 0.2) is 13.0 Å². The maximum atomic E-state index is 14.3. The second-order valence-electron chi connectivity index (χ2n) is 6.12. The number of hydrogen-bond donors (Lipinski definition) is 1. The van der Waals surface area contributed by atoms with Crippen LogP contribution in [0.5, 0.6) is 0 Å². The molecule has 3 rings (SSSR count). The molecule has 0 saturated carbocycles. The van der Waals surface area contributed by atoms with E-state index >= 15 is 0 Å². The van der Waals surface area contributed by atoms with E-state index in [0.29, 0.717) is 24.0 Å². The van der Waals surface area contributed by atoms with Gasteiger partial charge in [-0.25, -0.2) is 4.67 Å². The second-order valence-corrected chi connectivity index (χ2v) is 8.97. The van der Waals surface area contributed by atoms with Crippen LogP contribution >= 0.6 is 7.29 Å². The van der Waals surface area contributed by atoms with Gasteiger partial charge in [-0.2, -0.15) is 0 Å². The molecule has 0 radical (unpaired) electrons. The average Bonchev–Trinajstić information content (AvgIpc) is 2.64. The Morgan fingerprint density at radius 2 is 1.46 bits per heavy atom. The summed E-state index contributed by atoms with van der Waals surface area (Å²) in [6.45, 7) is 1.37. The van der Waals surface area contributed by atoms with Crippen molar-refractivity contribution in [1.82, 2.24) is 4.67 Å². The summed E-state index contributed by atoms with van der Waals surface area (Å²) in [5.41, 5.74) is -0.443. The van der Waals surface area contributed by atoms with E-state index in [2.05, 4.69) is 0 Å². The third kappa shape index (κ3) is 3.17. The van der Waals surface area contributed by atoms with Crippen LogP contribution in [-0.4, -0.2) is 28.8 Å². The molecule has 2 atom stereocenters. The zero-order valence-corrected chi connectivity index (χ0v) is 14.4. The molecule has 4 nitrogen and oxygen atoms in total. The van der Waals surface area contributed by atoms with E-state index < -0.39 is 18.9 Å². The molecule has 1 heterocycles. The molecule has 24 heavy (non-hydrogen) atoms. The zero-order chi connectivity index (χ0) is 17.0. The SMILES string of the molecule is O=C(O)[C@@H](c1ccccc1)[P@@](=O)(c1ccccc1)N1CCCCC1. The lowest BCUT2D eigenvalue weighted by atomic mass is 10.1. The van der Waals surface area contributed by atoms with Crippen molar-refractivity contribution in [2.75, 3.05) is 13.1 Å². The second kappa shape index (κ2) is 7.33. The summed E-state index contributed by atoms with van der Waals surface area (Å²) in [6, 6.07) is 18.1. The van der Waals surface area contributed by atoms with Crippen molar-refractivity contribution in [2.45, 2.75) is 24.9 Å². The zero-order valence-electron chi connectivity index (χ0n) is 13.5. The molecule has 5 heteroatoms. The molecule has 0 amide bonds. The van der Waals surface area contributed by atoms with Crippen LogP contribution in [0, 0.1) is 0 Å². The fourth-order valence-corrected chi connectivity index (χ4v) is 6.72. The third-order valence-electron chi connectivity index (χ3n) is 4.58. The van der Waals surface area contributed by atoms with Gasteiger partial charge in [0.25, 0.3) is 0 Å². The number of benzene rings is 2. The van der Waals surface area contributed by atoms with Gasteiger partial charge in [-0.1, -0.05) is 67.1 Å². The first-order chi connectivity index (χ1) is 11.6. The number of carboxylic acid groups (broad SMARTS) is 1. The van der Waals surface area contributed by atoms with E-state index in [1.54, 1.807) is 36.4 Å². The maximum Gasteiger partial charge on any atom is 0.320 e. The van der Waals surface area contributed by atoms with E-state index in [1.165, 1.54) is 0 Å². The minimum atomic E-state index is -3.30. The van der Waals surface area contributed by atoms with Crippen molar-refractivity contribution in [1.29, 1.82) is 0 Å². The number of piperidine rings is 1. The van der Waals surface area contributed by atoms with Crippen molar-refractivity contribution >= 4 is 18.6 Å². The van der Waals surface area contributed by atoms with Crippen LogP contribution in [0.2, 0.25) is 0 Å². The molecule has 1 aliphatic rings. The van der Waals surface area contributed by atoms with Gasteiger partial charge in [-0.15, -0.1) is 0 Å². The molecular formula is C19H22NO3P. The normalized spacial score (nSPS) is 19.3. The third-order valence-corrected chi connectivity index (χ3v) is 8.08. The number of aliphatic carboxylic acids is 1. The van der Waals surface area contributed by atoms with Crippen molar-refractivity contribution in [3.63, 3.8) is 0 Å². The molecule has 1 fully saturated rings. The van der Waals surface area contributed by atoms with E-state index in [4.69, 9.17) is 0 Å². The quantitative estimate of drug-likeness (QED) is 0.837. The molecule has 2 aromatic carbocycles. The van der Waals surface area contributed by atoms with Crippen molar-refractivity contribution in [3.05, 3.63) is 66.2 Å². The van der Waals surface area contributed by atoms with Crippen LogP contribution in [0.3, 0.4) is 0 Å². The van der Waals surface area contributed by atoms with Crippen LogP contribution in [0.25, 0.3) is 0 Å². The number of nitrogens with zero attached hydrogens (tertiary/aromatic N) is 1. The lowest BCUT2D eigenvalue weighted by Crippen LogP contribution is -2.35. The first-order valence-electron chi connectivity index (χ1n) is 8.32. The monoisotopic (exact) mass is 343 g/mol. The summed E-state index contributed by atoms with van der Waals surface area (Å²) in [7, 11) is -3.30. The van der Waals surface area contributed by atoms with Gasteiger partial charge in [0.1, 0.15) is 0 Å². The van der Waals surface area contributed by atoms with Gasteiger partial charge in [0, 0.05) is 18.4 Å². The Morgan fingerprint density at radius 1 is 0.917 bits per heavy atom. The molecular weight excluding hydrogens is 321 g/mol. The fraction of sp³-hybridized carbons (Fsp3) is 0.316. The first kappa shape index (κ1) is 16.9. The van der Waals surface area contributed by atoms with Gasteiger partial charge in [-0.05, 0) is 18.4 Å². The van der Waals surface area contributed by atoms with Crippen LogP contribution in [0.1, 0.15) is 30.5 Å². The topological polar surface area (TPSA) is 57.6 Å². The van der Waals surface area contributed by atoms with Crippen molar-refractivity contribution in [2.24, 2.45) is 0 Å². The van der Waals surface area contributed by atoms with Gasteiger partial charge < -0.3 is 9.67 Å². The fourth-order valence-electron chi connectivity index (χ4n) is 3.42. The summed E-state index contributed by atoms with van der Waals surface area (Å²) < 4.78 is 16.2. The lowest BCUT2D eigenvalue weighted by Gasteiger charge is -2.38. The molecule has 0 unspecified atom stereocenters. The standard InChI is InChI=1S/C19H22NO3P/c21-19(22)18(16-10-4-1-5-11-16)24(23,17-12-6-2-7-13-17)20-14-8-3-9-15-20/h1-2,4-7,10-13,18H,3,8-9,14-15H2,(H,21,22)/t18-,24+/m1/s1. The molecule has 0 aliphatic carbocycles. The van der Waals surface area contributed by atoms with E-state index in [1.807, 2.05) is 28.9 Å².